The van der Waals surface area contributed by atoms with Crippen molar-refractivity contribution < 1.29 is 0 Å². The summed E-state index contributed by atoms with van der Waals surface area (Å²) in [6.45, 7) is 13.6. The Kier molecular flexibility index (Phi) is 5.16. The fourth-order valence-corrected chi connectivity index (χ4v) is 2.33. The van der Waals surface area contributed by atoms with Gasteiger partial charge in [0.05, 0.1) is 0 Å². The number of hydrogen-bond donors (Lipinski definition) is 1. The quantitative estimate of drug-likeness (QED) is 0.741. The molecule has 0 bridgehead atoms. The Balaban J connectivity index is 2.47. The molecule has 17 heavy (non-hydrogen) atoms. The van der Waals surface area contributed by atoms with E-state index in [2.05, 4.69) is 31.4 Å². The third-order valence-electron chi connectivity index (χ3n) is 3.80. The normalized spacial score (nSPS) is 30.7. The predicted molar refractivity (Wildman–Crippen MR) is 75.9 cm³/mol. The highest BCUT2D eigenvalue weighted by atomic mass is 15.2. The highest BCUT2D eigenvalue weighted by Gasteiger charge is 2.38. The standard InChI is InChI=1S/C15H26N2/c1-5-7-8-9-13(3)10-17-11-14(16)15(4,6-2)12-17/h5,7-9,14H,3,6,10-12,16H2,1-2,4H3/b7-5-,9-8-. The monoisotopic (exact) mass is 234 g/mol. The summed E-state index contributed by atoms with van der Waals surface area (Å²) < 4.78 is 0. The first-order valence-corrected chi connectivity index (χ1v) is 6.47. The van der Waals surface area contributed by atoms with Gasteiger partial charge in [0.25, 0.3) is 0 Å². The van der Waals surface area contributed by atoms with Gasteiger partial charge in [0.2, 0.25) is 0 Å². The van der Waals surface area contributed by atoms with Crippen molar-refractivity contribution in [2.75, 3.05) is 19.6 Å². The zero-order valence-electron chi connectivity index (χ0n) is 11.4. The molecule has 0 aromatic carbocycles. The average Bonchev–Trinajstić information content (AvgIpc) is 2.55. The van der Waals surface area contributed by atoms with Crippen LogP contribution in [0.1, 0.15) is 27.2 Å². The Bertz CT molecular complexity index is 317. The second-order valence-electron chi connectivity index (χ2n) is 5.33. The van der Waals surface area contributed by atoms with Crippen LogP contribution in [0, 0.1) is 5.41 Å². The van der Waals surface area contributed by atoms with Crippen LogP contribution >= 0.6 is 0 Å². The van der Waals surface area contributed by atoms with Crippen molar-refractivity contribution in [3.8, 4) is 0 Å². The Morgan fingerprint density at radius 3 is 2.76 bits per heavy atom. The van der Waals surface area contributed by atoms with Crippen molar-refractivity contribution in [2.45, 2.75) is 33.2 Å². The van der Waals surface area contributed by atoms with Gasteiger partial charge in [0.15, 0.2) is 0 Å². The van der Waals surface area contributed by atoms with Crippen LogP contribution in [-0.4, -0.2) is 30.6 Å². The lowest BCUT2D eigenvalue weighted by atomic mass is 9.83. The molecule has 1 rings (SSSR count). The van der Waals surface area contributed by atoms with E-state index >= 15 is 0 Å². The van der Waals surface area contributed by atoms with E-state index < -0.39 is 0 Å². The summed E-state index contributed by atoms with van der Waals surface area (Å²) in [7, 11) is 0. The van der Waals surface area contributed by atoms with E-state index in [1.807, 2.05) is 25.2 Å². The maximum absolute atomic E-state index is 6.21. The minimum atomic E-state index is 0.271. The topological polar surface area (TPSA) is 29.3 Å². The molecule has 1 aliphatic heterocycles. The smallest absolute Gasteiger partial charge is 0.0234 e. The van der Waals surface area contributed by atoms with Gasteiger partial charge in [0, 0.05) is 25.7 Å². The van der Waals surface area contributed by atoms with Gasteiger partial charge < -0.3 is 5.73 Å². The van der Waals surface area contributed by atoms with Crippen molar-refractivity contribution in [3.63, 3.8) is 0 Å². The number of allylic oxidation sites excluding steroid dienone is 3. The molecule has 1 heterocycles. The van der Waals surface area contributed by atoms with Crippen molar-refractivity contribution in [1.29, 1.82) is 0 Å². The van der Waals surface area contributed by atoms with Crippen LogP contribution in [0.3, 0.4) is 0 Å². The van der Waals surface area contributed by atoms with E-state index in [-0.39, 0.29) is 5.41 Å². The van der Waals surface area contributed by atoms with Gasteiger partial charge in [-0.15, -0.1) is 0 Å². The second kappa shape index (κ2) is 6.18. The molecular formula is C15H26N2. The molecule has 2 atom stereocenters. The molecule has 1 saturated heterocycles. The Morgan fingerprint density at radius 1 is 1.53 bits per heavy atom. The SMILES string of the molecule is C=C(/C=C\C=C/C)CN1CC(N)C(C)(CC)C1. The number of likely N-dealkylation sites (tertiary alicyclic amines) is 1. The lowest BCUT2D eigenvalue weighted by Crippen LogP contribution is -2.37. The highest BCUT2D eigenvalue weighted by Crippen LogP contribution is 2.32. The van der Waals surface area contributed by atoms with Crippen LogP contribution in [0.2, 0.25) is 0 Å². The molecule has 1 fully saturated rings. The Labute approximate surface area is 106 Å². The summed E-state index contributed by atoms with van der Waals surface area (Å²) in [6.07, 6.45) is 9.30. The van der Waals surface area contributed by atoms with Gasteiger partial charge in [-0.2, -0.15) is 0 Å². The molecule has 2 unspecified atom stereocenters. The van der Waals surface area contributed by atoms with Crippen LogP contribution in [-0.2, 0) is 0 Å². The van der Waals surface area contributed by atoms with Crippen LogP contribution in [0.5, 0.6) is 0 Å². The van der Waals surface area contributed by atoms with Crippen LogP contribution in [0.25, 0.3) is 0 Å². The first kappa shape index (κ1) is 14.2. The second-order valence-corrected chi connectivity index (χ2v) is 5.33. The molecule has 96 valence electrons. The van der Waals surface area contributed by atoms with Gasteiger partial charge in [0.1, 0.15) is 0 Å². The molecule has 2 nitrogen and oxygen atoms in total. The minimum absolute atomic E-state index is 0.271. The third-order valence-corrected chi connectivity index (χ3v) is 3.80. The first-order chi connectivity index (χ1) is 8.01. The van der Waals surface area contributed by atoms with Crippen LogP contribution in [0.15, 0.2) is 36.5 Å². The van der Waals surface area contributed by atoms with E-state index in [1.54, 1.807) is 0 Å². The van der Waals surface area contributed by atoms with Gasteiger partial charge in [-0.05, 0) is 24.3 Å². The summed E-state index contributed by atoms with van der Waals surface area (Å²) in [4.78, 5) is 2.41. The van der Waals surface area contributed by atoms with E-state index in [0.29, 0.717) is 6.04 Å². The molecule has 0 spiro atoms. The zero-order valence-corrected chi connectivity index (χ0v) is 11.4. The number of hydrogen-bond acceptors (Lipinski definition) is 2. The Morgan fingerprint density at radius 2 is 2.24 bits per heavy atom. The van der Waals surface area contributed by atoms with E-state index in [0.717, 1.165) is 31.6 Å². The minimum Gasteiger partial charge on any atom is -0.326 e. The van der Waals surface area contributed by atoms with E-state index in [9.17, 15) is 0 Å². The average molecular weight is 234 g/mol. The molecule has 1 aliphatic rings. The summed E-state index contributed by atoms with van der Waals surface area (Å²) in [6, 6.07) is 0.291. The first-order valence-electron chi connectivity index (χ1n) is 6.47. The summed E-state index contributed by atoms with van der Waals surface area (Å²) in [5.41, 5.74) is 7.63. The van der Waals surface area contributed by atoms with Gasteiger partial charge in [-0.3, -0.25) is 4.90 Å². The maximum Gasteiger partial charge on any atom is 0.0234 e. The molecule has 2 N–H and O–H groups in total. The van der Waals surface area contributed by atoms with Crippen molar-refractivity contribution in [2.24, 2.45) is 11.1 Å². The van der Waals surface area contributed by atoms with E-state index in [1.165, 1.54) is 0 Å². The molecule has 0 radical (unpaired) electrons. The van der Waals surface area contributed by atoms with Crippen molar-refractivity contribution >= 4 is 0 Å². The van der Waals surface area contributed by atoms with Crippen molar-refractivity contribution in [1.82, 2.24) is 4.90 Å². The highest BCUT2D eigenvalue weighted by molar-refractivity contribution is 5.21. The largest absolute Gasteiger partial charge is 0.326 e. The summed E-state index contributed by atoms with van der Waals surface area (Å²) in [5, 5.41) is 0. The maximum atomic E-state index is 6.21. The zero-order chi connectivity index (χ0) is 12.9. The Hall–Kier alpha value is -0.860. The van der Waals surface area contributed by atoms with Gasteiger partial charge >= 0.3 is 0 Å². The lowest BCUT2D eigenvalue weighted by molar-refractivity contribution is 0.271. The van der Waals surface area contributed by atoms with E-state index in [4.69, 9.17) is 5.73 Å². The molecule has 0 aliphatic carbocycles. The molecule has 0 aromatic heterocycles. The molecule has 2 heteroatoms. The lowest BCUT2D eigenvalue weighted by Gasteiger charge is -2.26. The number of nitrogens with two attached hydrogens (primary N) is 1. The summed E-state index contributed by atoms with van der Waals surface area (Å²) in [5.74, 6) is 0. The summed E-state index contributed by atoms with van der Waals surface area (Å²) >= 11 is 0. The van der Waals surface area contributed by atoms with Crippen LogP contribution in [0.4, 0.5) is 0 Å². The predicted octanol–water partition coefficient (Wildman–Crippen LogP) is 2.73. The molecule has 0 amide bonds. The number of rotatable bonds is 5. The van der Waals surface area contributed by atoms with Gasteiger partial charge in [-0.25, -0.2) is 0 Å². The fourth-order valence-electron chi connectivity index (χ4n) is 2.33. The van der Waals surface area contributed by atoms with Gasteiger partial charge in [-0.1, -0.05) is 44.7 Å². The fraction of sp³-hybridized carbons (Fsp3) is 0.600. The van der Waals surface area contributed by atoms with Crippen molar-refractivity contribution in [3.05, 3.63) is 36.5 Å². The number of nitrogens with zero attached hydrogens (tertiary/aromatic N) is 1. The molecular weight excluding hydrogens is 208 g/mol. The van der Waals surface area contributed by atoms with Crippen LogP contribution < -0.4 is 5.73 Å². The molecule has 0 saturated carbocycles. The molecule has 0 aromatic rings. The third kappa shape index (κ3) is 3.83.